The molecule has 0 N–H and O–H groups in total. The lowest BCUT2D eigenvalue weighted by Gasteiger charge is -2.32. The molecule has 0 aliphatic rings. The van der Waals surface area contributed by atoms with Crippen LogP contribution in [0.15, 0.2) is 97.1 Å². The second-order valence-corrected chi connectivity index (χ2v) is 23.7. The molecule has 0 aliphatic carbocycles. The average Bonchev–Trinajstić information content (AvgIpc) is 4.03. The monoisotopic (exact) mass is 955 g/mol. The van der Waals surface area contributed by atoms with Crippen molar-refractivity contribution in [3.63, 3.8) is 0 Å². The molecule has 3 nitrogen and oxygen atoms in total. The summed E-state index contributed by atoms with van der Waals surface area (Å²) in [5, 5.41) is 62.3. The first kappa shape index (κ1) is 39.3. The molecule has 1 heterocycles. The minimum absolute atomic E-state index is 0.797. The fraction of sp³-hybridized carbons (Fsp3) is 0.194. The average molecular weight is 956 g/mol. The van der Waals surface area contributed by atoms with E-state index in [2.05, 4.69) is 136 Å². The smallest absolute Gasteiger partial charge is 0.122 e. The van der Waals surface area contributed by atoms with Crippen molar-refractivity contribution in [1.82, 2.24) is 15.0 Å². The van der Waals surface area contributed by atoms with Gasteiger partial charge in [0.15, 0.2) is 0 Å². The summed E-state index contributed by atoms with van der Waals surface area (Å²) in [6, 6.07) is 39.8. The normalized spacial score (nSPS) is 13.9. The molecular weight excluding hydrogens is 907 g/mol. The van der Waals surface area contributed by atoms with Crippen LogP contribution < -0.4 is 0 Å². The van der Waals surface area contributed by atoms with Crippen LogP contribution in [0.5, 0.6) is 0 Å². The van der Waals surface area contributed by atoms with Crippen LogP contribution in [0.25, 0.3) is 205 Å². The Hall–Kier alpha value is -8.14. The van der Waals surface area contributed by atoms with Gasteiger partial charge in [-0.15, -0.1) is 0 Å². The third-order valence-electron chi connectivity index (χ3n) is 19.9. The van der Waals surface area contributed by atoms with Crippen LogP contribution in [-0.2, 0) is 19.4 Å². The van der Waals surface area contributed by atoms with Crippen molar-refractivity contribution in [1.29, 1.82) is 0 Å². The number of aromatic nitrogens is 3. The first-order chi connectivity index (χ1) is 37.0. The van der Waals surface area contributed by atoms with Gasteiger partial charge in [0.25, 0.3) is 0 Å². The lowest BCUT2D eigenvalue weighted by Crippen LogP contribution is -2.05. The lowest BCUT2D eigenvalue weighted by atomic mass is 9.69. The van der Waals surface area contributed by atoms with E-state index in [9.17, 15) is 0 Å². The summed E-state index contributed by atoms with van der Waals surface area (Å²) < 4.78 is 0. The summed E-state index contributed by atoms with van der Waals surface area (Å²) >= 11 is 0. The molecule has 19 aromatic carbocycles. The van der Waals surface area contributed by atoms with Crippen LogP contribution >= 0.6 is 0 Å². The highest BCUT2D eigenvalue weighted by Gasteiger charge is 2.37. The molecule has 0 unspecified atom stereocenters. The molecule has 0 fully saturated rings. The maximum atomic E-state index is 5.70. The first-order valence-corrected chi connectivity index (χ1v) is 28.3. The second kappa shape index (κ2) is 12.7. The van der Waals surface area contributed by atoms with E-state index in [-0.39, 0.29) is 0 Å². The second-order valence-electron chi connectivity index (χ2n) is 23.7. The summed E-state index contributed by atoms with van der Waals surface area (Å²) in [4.78, 5) is 2.07. The number of hydrogen-bond acceptors (Lipinski definition) is 2. The van der Waals surface area contributed by atoms with Crippen molar-refractivity contribution in [2.45, 2.75) is 92.5 Å². The van der Waals surface area contributed by atoms with Crippen molar-refractivity contribution >= 4 is 205 Å². The Bertz CT molecular complexity index is 5850. The molecule has 0 bridgehead atoms. The van der Waals surface area contributed by atoms with Gasteiger partial charge in [-0.2, -0.15) is 15.0 Å². The SMILES string of the molecule is CCCCc1cc2ccc3c4cccc5c4c4c6c3c2c(c1)c1cc(C)c2c3c(CCCC)cc7c8cc(C)cc9ccc%10c%11cccc%12c%11c%11c(c%10c98)c7c3c3c(c2c16)c4c1c5c2nn(CCCC)nc2c%12c1c%113. The molecule has 3 heteroatoms. The fourth-order valence-electron chi connectivity index (χ4n) is 17.3. The van der Waals surface area contributed by atoms with Crippen molar-refractivity contribution in [2.24, 2.45) is 0 Å². The summed E-state index contributed by atoms with van der Waals surface area (Å²) in [5.74, 6) is 0. The summed E-state index contributed by atoms with van der Waals surface area (Å²) in [5.41, 5.74) is 7.78. The number of unbranched alkanes of at least 4 members (excludes halogenated alkanes) is 3. The third kappa shape index (κ3) is 4.04. The lowest BCUT2D eigenvalue weighted by molar-refractivity contribution is 0.514. The van der Waals surface area contributed by atoms with Crippen molar-refractivity contribution < 1.29 is 0 Å². The largest absolute Gasteiger partial charge is 0.184 e. The van der Waals surface area contributed by atoms with Crippen LogP contribution in [0.4, 0.5) is 0 Å². The van der Waals surface area contributed by atoms with Gasteiger partial charge in [-0.25, -0.2) is 0 Å². The standard InChI is InChI=1S/C72H49N3/c1-6-9-14-33-28-36-21-23-40-38-17-13-18-41-51(38)61-63-54(40)49(36)45(29-33)44-27-32(5)47-50-34(15-10-7-2)30-46-43-26-31(4)25-35-20-22-39-37-16-12-19-42-52(37)62-64(53(39)48(35)43)56(46)60(50)68-67(59(47)55(44)63)69(61)65-57(41)71-72(58(42)66(65)70(62)68)74-75(73-71)24-11-8-3/h12-13,16-23,25-30H,6-11,14-15,24H2,1-5H3. The van der Waals surface area contributed by atoms with Crippen molar-refractivity contribution in [3.8, 4) is 0 Å². The zero-order valence-electron chi connectivity index (χ0n) is 42.9. The quantitative estimate of drug-likeness (QED) is 0.107. The van der Waals surface area contributed by atoms with Crippen LogP contribution in [0.2, 0.25) is 0 Å². The first-order valence-electron chi connectivity index (χ1n) is 28.3. The molecule has 0 aliphatic heterocycles. The van der Waals surface area contributed by atoms with Gasteiger partial charge in [0, 0.05) is 32.3 Å². The highest BCUT2D eigenvalue weighted by molar-refractivity contribution is 6.67. The Balaban J connectivity index is 1.22. The minimum Gasteiger partial charge on any atom is -0.184 e. The molecule has 0 amide bonds. The Morgan fingerprint density at radius 2 is 0.787 bits per heavy atom. The number of nitrogens with zero attached hydrogens (tertiary/aromatic N) is 3. The topological polar surface area (TPSA) is 30.7 Å². The van der Waals surface area contributed by atoms with E-state index in [0.29, 0.717) is 0 Å². The van der Waals surface area contributed by atoms with E-state index < -0.39 is 0 Å². The maximum Gasteiger partial charge on any atom is 0.122 e. The number of benzene rings is 19. The number of hydrogen-bond donors (Lipinski definition) is 0. The molecule has 75 heavy (non-hydrogen) atoms. The van der Waals surface area contributed by atoms with E-state index in [1.54, 1.807) is 0 Å². The summed E-state index contributed by atoms with van der Waals surface area (Å²) in [7, 11) is 0. The Morgan fingerprint density at radius 3 is 1.40 bits per heavy atom. The molecule has 0 saturated carbocycles. The van der Waals surface area contributed by atoms with Gasteiger partial charge in [0.2, 0.25) is 0 Å². The van der Waals surface area contributed by atoms with Gasteiger partial charge in [0.1, 0.15) is 11.0 Å². The van der Waals surface area contributed by atoms with E-state index in [1.165, 1.54) is 229 Å². The number of fused-ring (bicyclic) bond motifs is 10. The zero-order chi connectivity index (χ0) is 48.9. The van der Waals surface area contributed by atoms with Crippen LogP contribution in [0, 0.1) is 13.8 Å². The predicted molar refractivity (Wildman–Crippen MR) is 326 cm³/mol. The Labute approximate surface area is 429 Å². The summed E-state index contributed by atoms with van der Waals surface area (Å²) in [6.45, 7) is 12.6. The highest BCUT2D eigenvalue weighted by Crippen LogP contribution is 2.65. The third-order valence-corrected chi connectivity index (χ3v) is 19.9. The van der Waals surface area contributed by atoms with Crippen LogP contribution in [-0.4, -0.2) is 15.0 Å². The van der Waals surface area contributed by atoms with Gasteiger partial charge in [-0.1, -0.05) is 131 Å². The van der Waals surface area contributed by atoms with Gasteiger partial charge in [-0.3, -0.25) is 0 Å². The number of aryl methyl sites for hydroxylation is 5. The molecule has 20 aromatic rings. The maximum absolute atomic E-state index is 5.70. The zero-order valence-corrected chi connectivity index (χ0v) is 42.9. The van der Waals surface area contributed by atoms with Gasteiger partial charge in [-0.05, 0) is 236 Å². The molecule has 0 radical (unpaired) electrons. The number of rotatable bonds is 9. The van der Waals surface area contributed by atoms with Crippen LogP contribution in [0.3, 0.4) is 0 Å². The molecular formula is C72H49N3. The molecule has 20 rings (SSSR count). The van der Waals surface area contributed by atoms with Gasteiger partial charge >= 0.3 is 0 Å². The van der Waals surface area contributed by atoms with E-state index >= 15 is 0 Å². The van der Waals surface area contributed by atoms with Crippen molar-refractivity contribution in [3.05, 3.63) is 119 Å². The molecule has 1 aromatic heterocycles. The predicted octanol–water partition coefficient (Wildman–Crippen LogP) is 20.7. The Kier molecular flexibility index (Phi) is 6.65. The van der Waals surface area contributed by atoms with E-state index in [4.69, 9.17) is 10.2 Å². The fourth-order valence-corrected chi connectivity index (χ4v) is 17.3. The van der Waals surface area contributed by atoms with Crippen molar-refractivity contribution in [2.75, 3.05) is 0 Å². The molecule has 352 valence electrons. The minimum atomic E-state index is 0.797. The highest BCUT2D eigenvalue weighted by atomic mass is 15.5. The molecule has 0 spiro atoms. The molecule has 0 saturated heterocycles. The summed E-state index contributed by atoms with van der Waals surface area (Å²) in [6.07, 6.45) is 8.94. The Morgan fingerprint density at radius 1 is 0.333 bits per heavy atom. The van der Waals surface area contributed by atoms with E-state index in [0.717, 1.165) is 56.1 Å². The van der Waals surface area contributed by atoms with Gasteiger partial charge in [0.05, 0.1) is 6.54 Å². The van der Waals surface area contributed by atoms with Gasteiger partial charge < -0.3 is 0 Å². The molecule has 0 atom stereocenters. The van der Waals surface area contributed by atoms with E-state index in [1.807, 2.05) is 0 Å². The van der Waals surface area contributed by atoms with Crippen LogP contribution in [0.1, 0.15) is 81.5 Å².